The minimum atomic E-state index is -0.239. The molecule has 1 heterocycles. The minimum absolute atomic E-state index is 0.239. The summed E-state index contributed by atoms with van der Waals surface area (Å²) < 4.78 is 2.28. The highest BCUT2D eigenvalue weighted by atomic mass is 16.2. The number of nitrogen functional groups attached to an aromatic ring is 1. The van der Waals surface area contributed by atoms with Crippen molar-refractivity contribution in [3.8, 4) is 0 Å². The molecule has 0 saturated heterocycles. The van der Waals surface area contributed by atoms with Crippen molar-refractivity contribution in [3.63, 3.8) is 0 Å². The second-order valence-electron chi connectivity index (χ2n) is 5.72. The third-order valence-corrected chi connectivity index (χ3v) is 4.35. The molecule has 0 bridgehead atoms. The lowest BCUT2D eigenvalue weighted by atomic mass is 9.89. The SMILES string of the molecule is NNC(=O)c1ccc2ccn(CC3CCCCC3)c2c1. The molecule has 1 aliphatic rings. The van der Waals surface area contributed by atoms with Gasteiger partial charge in [-0.1, -0.05) is 25.3 Å². The van der Waals surface area contributed by atoms with Crippen LogP contribution in [0.3, 0.4) is 0 Å². The van der Waals surface area contributed by atoms with Crippen LogP contribution in [-0.4, -0.2) is 10.5 Å². The van der Waals surface area contributed by atoms with E-state index < -0.39 is 0 Å². The average Bonchev–Trinajstić information content (AvgIpc) is 2.90. The van der Waals surface area contributed by atoms with Crippen molar-refractivity contribution < 1.29 is 4.79 Å². The molecule has 3 rings (SSSR count). The number of nitrogens with one attached hydrogen (secondary N) is 1. The molecule has 1 amide bonds. The maximum absolute atomic E-state index is 11.6. The predicted molar refractivity (Wildman–Crippen MR) is 80.2 cm³/mol. The fraction of sp³-hybridized carbons (Fsp3) is 0.438. The molecule has 0 unspecified atom stereocenters. The molecule has 4 heteroatoms. The maximum atomic E-state index is 11.6. The summed E-state index contributed by atoms with van der Waals surface area (Å²) in [6.45, 7) is 1.05. The molecule has 0 radical (unpaired) electrons. The van der Waals surface area contributed by atoms with E-state index in [-0.39, 0.29) is 5.91 Å². The highest BCUT2D eigenvalue weighted by Gasteiger charge is 2.15. The van der Waals surface area contributed by atoms with Crippen molar-refractivity contribution >= 4 is 16.8 Å². The lowest BCUT2D eigenvalue weighted by Gasteiger charge is -2.22. The molecule has 0 aliphatic heterocycles. The summed E-state index contributed by atoms with van der Waals surface area (Å²) in [4.78, 5) is 11.6. The summed E-state index contributed by atoms with van der Waals surface area (Å²) >= 11 is 0. The van der Waals surface area contributed by atoms with Crippen LogP contribution >= 0.6 is 0 Å². The van der Waals surface area contributed by atoms with Gasteiger partial charge < -0.3 is 4.57 Å². The molecular formula is C16H21N3O. The summed E-state index contributed by atoms with van der Waals surface area (Å²) in [6, 6.07) is 7.84. The van der Waals surface area contributed by atoms with Crippen LogP contribution in [0.25, 0.3) is 10.9 Å². The van der Waals surface area contributed by atoms with Gasteiger partial charge in [-0.05, 0) is 42.3 Å². The molecule has 4 nitrogen and oxygen atoms in total. The number of amides is 1. The van der Waals surface area contributed by atoms with Crippen LogP contribution in [0.1, 0.15) is 42.5 Å². The molecule has 1 aromatic heterocycles. The molecule has 1 aromatic carbocycles. The highest BCUT2D eigenvalue weighted by Crippen LogP contribution is 2.27. The fourth-order valence-corrected chi connectivity index (χ4v) is 3.22. The lowest BCUT2D eigenvalue weighted by Crippen LogP contribution is -2.29. The van der Waals surface area contributed by atoms with Gasteiger partial charge in [0.15, 0.2) is 0 Å². The van der Waals surface area contributed by atoms with Gasteiger partial charge in [-0.25, -0.2) is 5.84 Å². The van der Waals surface area contributed by atoms with Gasteiger partial charge in [0.1, 0.15) is 0 Å². The van der Waals surface area contributed by atoms with Crippen LogP contribution in [0, 0.1) is 5.92 Å². The molecule has 2 aromatic rings. The number of nitrogens with zero attached hydrogens (tertiary/aromatic N) is 1. The zero-order valence-electron chi connectivity index (χ0n) is 11.6. The van der Waals surface area contributed by atoms with Crippen molar-refractivity contribution in [1.29, 1.82) is 0 Å². The number of benzene rings is 1. The van der Waals surface area contributed by atoms with E-state index in [0.717, 1.165) is 18.0 Å². The zero-order valence-corrected chi connectivity index (χ0v) is 11.6. The van der Waals surface area contributed by atoms with Gasteiger partial charge in [-0.2, -0.15) is 0 Å². The third kappa shape index (κ3) is 2.56. The van der Waals surface area contributed by atoms with E-state index in [1.54, 1.807) is 0 Å². The number of rotatable bonds is 3. The Morgan fingerprint density at radius 3 is 2.80 bits per heavy atom. The number of hydrogen-bond donors (Lipinski definition) is 2. The summed E-state index contributed by atoms with van der Waals surface area (Å²) in [7, 11) is 0. The average molecular weight is 271 g/mol. The molecule has 3 N–H and O–H groups in total. The van der Waals surface area contributed by atoms with Crippen molar-refractivity contribution in [2.24, 2.45) is 11.8 Å². The Balaban J connectivity index is 1.88. The van der Waals surface area contributed by atoms with E-state index in [2.05, 4.69) is 22.3 Å². The molecule has 1 aliphatic carbocycles. The van der Waals surface area contributed by atoms with Gasteiger partial charge in [-0.15, -0.1) is 0 Å². The fourth-order valence-electron chi connectivity index (χ4n) is 3.22. The first-order valence-corrected chi connectivity index (χ1v) is 7.38. The van der Waals surface area contributed by atoms with Crippen LogP contribution in [0.2, 0.25) is 0 Å². The van der Waals surface area contributed by atoms with Crippen LogP contribution in [0.15, 0.2) is 30.5 Å². The Labute approximate surface area is 118 Å². The third-order valence-electron chi connectivity index (χ3n) is 4.35. The first kappa shape index (κ1) is 13.2. The van der Waals surface area contributed by atoms with Gasteiger partial charge in [-0.3, -0.25) is 10.2 Å². The van der Waals surface area contributed by atoms with E-state index in [1.807, 2.05) is 18.2 Å². The van der Waals surface area contributed by atoms with E-state index in [0.29, 0.717) is 5.56 Å². The monoisotopic (exact) mass is 271 g/mol. The van der Waals surface area contributed by atoms with Crippen LogP contribution in [0.4, 0.5) is 0 Å². The topological polar surface area (TPSA) is 60.0 Å². The standard InChI is InChI=1S/C16H21N3O/c17-18-16(20)14-7-6-13-8-9-19(15(13)10-14)11-12-4-2-1-3-5-12/h6-10,12H,1-5,11,17H2,(H,18,20). The second kappa shape index (κ2) is 5.67. The van der Waals surface area contributed by atoms with Gasteiger partial charge in [0, 0.05) is 23.8 Å². The Kier molecular flexibility index (Phi) is 3.74. The molecule has 0 atom stereocenters. The summed E-state index contributed by atoms with van der Waals surface area (Å²) in [6.07, 6.45) is 8.86. The Hall–Kier alpha value is -1.81. The van der Waals surface area contributed by atoms with E-state index in [4.69, 9.17) is 5.84 Å². The lowest BCUT2D eigenvalue weighted by molar-refractivity contribution is 0.0954. The van der Waals surface area contributed by atoms with Crippen molar-refractivity contribution in [1.82, 2.24) is 9.99 Å². The first-order chi connectivity index (χ1) is 9.78. The molecule has 0 spiro atoms. The number of nitrogens with two attached hydrogens (primary N) is 1. The minimum Gasteiger partial charge on any atom is -0.347 e. The number of carbonyl (C=O) groups is 1. The number of aromatic nitrogens is 1. The normalized spacial score (nSPS) is 16.4. The quantitative estimate of drug-likeness (QED) is 0.512. The van der Waals surface area contributed by atoms with Crippen molar-refractivity contribution in [3.05, 3.63) is 36.0 Å². The number of hydrazine groups is 1. The van der Waals surface area contributed by atoms with Crippen molar-refractivity contribution in [2.45, 2.75) is 38.6 Å². The summed E-state index contributed by atoms with van der Waals surface area (Å²) in [5.74, 6) is 5.74. The zero-order chi connectivity index (χ0) is 13.9. The second-order valence-corrected chi connectivity index (χ2v) is 5.72. The molecule has 1 fully saturated rings. The number of carbonyl (C=O) groups excluding carboxylic acids is 1. The van der Waals surface area contributed by atoms with Crippen LogP contribution < -0.4 is 11.3 Å². The number of fused-ring (bicyclic) bond motifs is 1. The maximum Gasteiger partial charge on any atom is 0.265 e. The summed E-state index contributed by atoms with van der Waals surface area (Å²) in [5, 5.41) is 1.18. The largest absolute Gasteiger partial charge is 0.347 e. The predicted octanol–water partition coefficient (Wildman–Crippen LogP) is 2.83. The molecule has 20 heavy (non-hydrogen) atoms. The molecule has 106 valence electrons. The smallest absolute Gasteiger partial charge is 0.265 e. The molecular weight excluding hydrogens is 250 g/mol. The van der Waals surface area contributed by atoms with E-state index in [1.165, 1.54) is 37.5 Å². The van der Waals surface area contributed by atoms with Gasteiger partial charge in [0.05, 0.1) is 0 Å². The van der Waals surface area contributed by atoms with Gasteiger partial charge >= 0.3 is 0 Å². The van der Waals surface area contributed by atoms with Crippen LogP contribution in [-0.2, 0) is 6.54 Å². The highest BCUT2D eigenvalue weighted by molar-refractivity contribution is 5.97. The Morgan fingerprint density at radius 1 is 1.25 bits per heavy atom. The van der Waals surface area contributed by atoms with Crippen molar-refractivity contribution in [2.75, 3.05) is 0 Å². The Bertz CT molecular complexity index is 611. The van der Waals surface area contributed by atoms with E-state index >= 15 is 0 Å². The van der Waals surface area contributed by atoms with Gasteiger partial charge in [0.2, 0.25) is 0 Å². The van der Waals surface area contributed by atoms with Crippen LogP contribution in [0.5, 0.6) is 0 Å². The van der Waals surface area contributed by atoms with E-state index in [9.17, 15) is 4.79 Å². The summed E-state index contributed by atoms with van der Waals surface area (Å²) in [5.41, 5.74) is 3.93. The van der Waals surface area contributed by atoms with Gasteiger partial charge in [0.25, 0.3) is 5.91 Å². The Morgan fingerprint density at radius 2 is 2.05 bits per heavy atom. The molecule has 1 saturated carbocycles. The number of hydrogen-bond acceptors (Lipinski definition) is 2. The first-order valence-electron chi connectivity index (χ1n) is 7.38.